The molecule has 0 heteroatoms. The second-order valence-electron chi connectivity index (χ2n) is 3.89. The fraction of sp³-hybridized carbons (Fsp3) is 0.833. The molecule has 0 aliphatic heterocycles. The molecule has 0 rings (SSSR count). The van der Waals surface area contributed by atoms with Crippen LogP contribution in [-0.4, -0.2) is 0 Å². The highest BCUT2D eigenvalue weighted by Crippen LogP contribution is 2.14. The molecule has 0 aromatic heterocycles. The van der Waals surface area contributed by atoms with Gasteiger partial charge in [-0.3, -0.25) is 0 Å². The number of hydrogen-bond donors (Lipinski definition) is 0. The van der Waals surface area contributed by atoms with Crippen LogP contribution in [-0.2, 0) is 0 Å². The molecule has 0 saturated heterocycles. The maximum Gasteiger partial charge on any atom is -0.0322 e. The smallest absolute Gasteiger partial charge is 0.0322 e. The normalized spacial score (nSPS) is 14.8. The Bertz CT molecular complexity index is 122. The van der Waals surface area contributed by atoms with Gasteiger partial charge in [-0.05, 0) is 25.7 Å². The largest absolute Gasteiger partial charge is 0.0854 e. The molecule has 12 heavy (non-hydrogen) atoms. The lowest BCUT2D eigenvalue weighted by Crippen LogP contribution is -1.92. The lowest BCUT2D eigenvalue weighted by molar-refractivity contribution is 0.510. The Kier molecular flexibility index (Phi) is 7.23. The lowest BCUT2D eigenvalue weighted by Gasteiger charge is -2.07. The molecule has 0 aromatic rings. The van der Waals surface area contributed by atoms with Gasteiger partial charge in [0.25, 0.3) is 0 Å². The average Bonchev–Trinajstić information content (AvgIpc) is 2.10. The molecule has 0 spiro atoms. The van der Waals surface area contributed by atoms with Crippen molar-refractivity contribution in [1.82, 2.24) is 0 Å². The van der Waals surface area contributed by atoms with Gasteiger partial charge < -0.3 is 0 Å². The van der Waals surface area contributed by atoms with Crippen LogP contribution in [0.15, 0.2) is 11.6 Å². The molecule has 0 bridgehead atoms. The first kappa shape index (κ1) is 11.7. The number of allylic oxidation sites excluding steroid dienone is 2. The Morgan fingerprint density at radius 3 is 2.50 bits per heavy atom. The summed E-state index contributed by atoms with van der Waals surface area (Å²) in [6.45, 7) is 9.07. The van der Waals surface area contributed by atoms with E-state index in [2.05, 4.69) is 33.8 Å². The zero-order valence-corrected chi connectivity index (χ0v) is 9.19. The lowest BCUT2D eigenvalue weighted by atomic mass is 9.99. The predicted octanol–water partition coefficient (Wildman–Crippen LogP) is 4.56. The highest BCUT2D eigenvalue weighted by Gasteiger charge is 1.98. The predicted molar refractivity (Wildman–Crippen MR) is 57.4 cm³/mol. The van der Waals surface area contributed by atoms with Gasteiger partial charge in [0, 0.05) is 0 Å². The summed E-state index contributed by atoms with van der Waals surface area (Å²) in [7, 11) is 0. The quantitative estimate of drug-likeness (QED) is 0.510. The number of rotatable bonds is 6. The summed E-state index contributed by atoms with van der Waals surface area (Å²) in [6.07, 6.45) is 9.01. The van der Waals surface area contributed by atoms with E-state index in [9.17, 15) is 0 Å². The summed E-state index contributed by atoms with van der Waals surface area (Å²) in [5.41, 5.74) is 1.54. The van der Waals surface area contributed by atoms with Crippen LogP contribution in [0.5, 0.6) is 0 Å². The Labute approximate surface area is 78.1 Å². The molecular weight excluding hydrogens is 144 g/mol. The van der Waals surface area contributed by atoms with Crippen molar-refractivity contribution in [2.45, 2.75) is 59.8 Å². The Hall–Kier alpha value is -0.260. The van der Waals surface area contributed by atoms with E-state index in [1.165, 1.54) is 32.1 Å². The van der Waals surface area contributed by atoms with E-state index in [0.717, 1.165) is 5.92 Å². The van der Waals surface area contributed by atoms with Gasteiger partial charge in [-0.25, -0.2) is 0 Å². The van der Waals surface area contributed by atoms with Gasteiger partial charge in [0.1, 0.15) is 0 Å². The fourth-order valence-electron chi connectivity index (χ4n) is 1.22. The molecule has 0 amide bonds. The van der Waals surface area contributed by atoms with Crippen molar-refractivity contribution in [1.29, 1.82) is 0 Å². The van der Waals surface area contributed by atoms with Crippen molar-refractivity contribution in [3.63, 3.8) is 0 Å². The molecule has 0 aliphatic carbocycles. The third-order valence-corrected chi connectivity index (χ3v) is 2.48. The van der Waals surface area contributed by atoms with Crippen molar-refractivity contribution >= 4 is 0 Å². The molecule has 1 atom stereocenters. The maximum atomic E-state index is 2.40. The van der Waals surface area contributed by atoms with Gasteiger partial charge in [-0.15, -0.1) is 0 Å². The Balaban J connectivity index is 3.48. The van der Waals surface area contributed by atoms with Crippen LogP contribution in [0.3, 0.4) is 0 Å². The van der Waals surface area contributed by atoms with Crippen LogP contribution in [0.4, 0.5) is 0 Å². The van der Waals surface area contributed by atoms with Crippen LogP contribution < -0.4 is 0 Å². The van der Waals surface area contributed by atoms with E-state index in [1.54, 1.807) is 5.57 Å². The van der Waals surface area contributed by atoms with Crippen molar-refractivity contribution in [3.8, 4) is 0 Å². The first-order valence-electron chi connectivity index (χ1n) is 5.36. The van der Waals surface area contributed by atoms with Gasteiger partial charge in [-0.2, -0.15) is 0 Å². The summed E-state index contributed by atoms with van der Waals surface area (Å²) in [4.78, 5) is 0. The monoisotopic (exact) mass is 168 g/mol. The van der Waals surface area contributed by atoms with Crippen LogP contribution in [0.25, 0.3) is 0 Å². The molecule has 0 aliphatic rings. The van der Waals surface area contributed by atoms with E-state index < -0.39 is 0 Å². The molecule has 1 unspecified atom stereocenters. The van der Waals surface area contributed by atoms with Gasteiger partial charge in [0.05, 0.1) is 0 Å². The van der Waals surface area contributed by atoms with Crippen molar-refractivity contribution in [3.05, 3.63) is 11.6 Å². The zero-order valence-electron chi connectivity index (χ0n) is 9.19. The molecule has 0 nitrogen and oxygen atoms in total. The molecule has 0 saturated carbocycles. The minimum atomic E-state index is 0.881. The first-order chi connectivity index (χ1) is 5.70. The summed E-state index contributed by atoms with van der Waals surface area (Å²) < 4.78 is 0. The van der Waals surface area contributed by atoms with Crippen LogP contribution in [0.1, 0.15) is 59.8 Å². The van der Waals surface area contributed by atoms with Crippen LogP contribution in [0.2, 0.25) is 0 Å². The maximum absolute atomic E-state index is 2.40. The fourth-order valence-corrected chi connectivity index (χ4v) is 1.22. The molecule has 0 radical (unpaired) electrons. The van der Waals surface area contributed by atoms with Gasteiger partial charge >= 0.3 is 0 Å². The molecule has 72 valence electrons. The van der Waals surface area contributed by atoms with Gasteiger partial charge in [0.15, 0.2) is 0 Å². The highest BCUT2D eigenvalue weighted by molar-refractivity contribution is 4.96. The third-order valence-electron chi connectivity index (χ3n) is 2.48. The minimum Gasteiger partial charge on any atom is -0.0854 e. The number of hydrogen-bond acceptors (Lipinski definition) is 0. The van der Waals surface area contributed by atoms with Crippen molar-refractivity contribution in [2.75, 3.05) is 0 Å². The molecule has 0 heterocycles. The second kappa shape index (κ2) is 7.39. The first-order valence-corrected chi connectivity index (χ1v) is 5.36. The van der Waals surface area contributed by atoms with E-state index in [-0.39, 0.29) is 0 Å². The van der Waals surface area contributed by atoms with E-state index >= 15 is 0 Å². The van der Waals surface area contributed by atoms with Gasteiger partial charge in [-0.1, -0.05) is 51.7 Å². The second-order valence-corrected chi connectivity index (χ2v) is 3.89. The van der Waals surface area contributed by atoms with Crippen LogP contribution in [0, 0.1) is 5.92 Å². The summed E-state index contributed by atoms with van der Waals surface area (Å²) >= 11 is 0. The highest BCUT2D eigenvalue weighted by atomic mass is 14.0. The topological polar surface area (TPSA) is 0 Å². The van der Waals surface area contributed by atoms with Crippen molar-refractivity contribution < 1.29 is 0 Å². The standard InChI is InChI=1S/C12H24/c1-5-7-8-12(4)10-9-11(3)6-2/h9,12H,5-8,10H2,1-4H3. The minimum absolute atomic E-state index is 0.881. The van der Waals surface area contributed by atoms with Gasteiger partial charge in [0.2, 0.25) is 0 Å². The van der Waals surface area contributed by atoms with E-state index in [0.29, 0.717) is 0 Å². The van der Waals surface area contributed by atoms with E-state index in [1.807, 2.05) is 0 Å². The summed E-state index contributed by atoms with van der Waals surface area (Å²) in [5, 5.41) is 0. The zero-order chi connectivity index (χ0) is 9.40. The molecular formula is C12H24. The average molecular weight is 168 g/mol. The third kappa shape index (κ3) is 6.45. The molecule has 0 fully saturated rings. The van der Waals surface area contributed by atoms with Crippen molar-refractivity contribution in [2.24, 2.45) is 5.92 Å². The summed E-state index contributed by atoms with van der Waals surface area (Å²) in [5.74, 6) is 0.881. The molecule has 0 N–H and O–H groups in total. The van der Waals surface area contributed by atoms with E-state index in [4.69, 9.17) is 0 Å². The summed E-state index contributed by atoms with van der Waals surface area (Å²) in [6, 6.07) is 0. The number of unbranched alkanes of at least 4 members (excludes halogenated alkanes) is 1. The van der Waals surface area contributed by atoms with Crippen LogP contribution >= 0.6 is 0 Å². The SMILES string of the molecule is CCCCC(C)CC=C(C)CC. The Morgan fingerprint density at radius 2 is 2.00 bits per heavy atom. The Morgan fingerprint density at radius 1 is 1.33 bits per heavy atom. The molecule has 0 aromatic carbocycles.